The van der Waals surface area contributed by atoms with Crippen LogP contribution in [0.25, 0.3) is 0 Å². The van der Waals surface area contributed by atoms with E-state index < -0.39 is 0 Å². The van der Waals surface area contributed by atoms with Crippen LogP contribution in [0.3, 0.4) is 0 Å². The highest BCUT2D eigenvalue weighted by atomic mass is 16.2. The zero-order valence-corrected chi connectivity index (χ0v) is 15.4. The molecule has 3 aliphatic rings. The molecule has 2 heterocycles. The van der Waals surface area contributed by atoms with Crippen molar-refractivity contribution in [3.05, 3.63) is 47.5 Å². The van der Waals surface area contributed by atoms with E-state index in [0.717, 1.165) is 45.6 Å². The first kappa shape index (κ1) is 17.4. The number of benzene rings is 1. The number of allylic oxidation sites excluding steroid dienone is 2. The highest BCUT2D eigenvalue weighted by Crippen LogP contribution is 2.35. The third-order valence-electron chi connectivity index (χ3n) is 5.89. The van der Waals surface area contributed by atoms with Crippen molar-refractivity contribution in [2.75, 3.05) is 32.8 Å². The van der Waals surface area contributed by atoms with Gasteiger partial charge in [0.25, 0.3) is 0 Å². The molecule has 5 nitrogen and oxygen atoms in total. The molecule has 2 amide bonds. The Kier molecular flexibility index (Phi) is 4.92. The van der Waals surface area contributed by atoms with Crippen molar-refractivity contribution in [3.63, 3.8) is 0 Å². The van der Waals surface area contributed by atoms with Crippen LogP contribution in [-0.4, -0.2) is 59.4 Å². The third-order valence-corrected chi connectivity index (χ3v) is 5.89. The van der Waals surface area contributed by atoms with Crippen LogP contribution >= 0.6 is 0 Å². The first-order chi connectivity index (χ1) is 12.6. The number of aryl methyl sites for hydroxylation is 1. The molecule has 0 saturated carbocycles. The molecule has 1 aromatic rings. The molecule has 26 heavy (non-hydrogen) atoms. The summed E-state index contributed by atoms with van der Waals surface area (Å²) >= 11 is 0. The molecule has 0 spiro atoms. The summed E-state index contributed by atoms with van der Waals surface area (Å²) in [6.07, 6.45) is 5.52. The van der Waals surface area contributed by atoms with E-state index in [1.165, 1.54) is 16.0 Å². The maximum atomic E-state index is 12.6. The van der Waals surface area contributed by atoms with Crippen LogP contribution in [0.15, 0.2) is 36.4 Å². The van der Waals surface area contributed by atoms with Gasteiger partial charge in [-0.1, -0.05) is 42.0 Å². The Labute approximate surface area is 155 Å². The standard InChI is InChI=1S/C21H27N3O2/c1-16-5-4-6-17(13-16)14-22-9-11-23(12-10-22)15-24-20(25)18-7-2-3-8-19(18)21(24)26/h2-6,13,18-19H,7-12,14-15H2,1H3/t18-,19-/m0/s1. The summed E-state index contributed by atoms with van der Waals surface area (Å²) in [5.41, 5.74) is 2.64. The highest BCUT2D eigenvalue weighted by Gasteiger charge is 2.47. The zero-order chi connectivity index (χ0) is 18.1. The fraction of sp³-hybridized carbons (Fsp3) is 0.524. The topological polar surface area (TPSA) is 43.9 Å². The van der Waals surface area contributed by atoms with Crippen LogP contribution in [0.1, 0.15) is 24.0 Å². The summed E-state index contributed by atoms with van der Waals surface area (Å²) in [7, 11) is 0. The molecule has 138 valence electrons. The monoisotopic (exact) mass is 353 g/mol. The molecule has 0 aromatic heterocycles. The molecule has 2 atom stereocenters. The maximum absolute atomic E-state index is 12.6. The van der Waals surface area contributed by atoms with Gasteiger partial charge in [-0.2, -0.15) is 0 Å². The third kappa shape index (κ3) is 3.46. The largest absolute Gasteiger partial charge is 0.297 e. The van der Waals surface area contributed by atoms with Gasteiger partial charge < -0.3 is 0 Å². The normalized spacial score (nSPS) is 27.2. The second-order valence-electron chi connectivity index (χ2n) is 7.78. The van der Waals surface area contributed by atoms with E-state index in [0.29, 0.717) is 6.67 Å². The second kappa shape index (κ2) is 7.33. The Morgan fingerprint density at radius 2 is 1.54 bits per heavy atom. The van der Waals surface area contributed by atoms with E-state index in [1.807, 2.05) is 12.2 Å². The van der Waals surface area contributed by atoms with E-state index in [-0.39, 0.29) is 23.7 Å². The van der Waals surface area contributed by atoms with Crippen molar-refractivity contribution < 1.29 is 9.59 Å². The predicted octanol–water partition coefficient (Wildman–Crippen LogP) is 2.02. The summed E-state index contributed by atoms with van der Waals surface area (Å²) < 4.78 is 0. The number of rotatable bonds is 4. The van der Waals surface area contributed by atoms with Crippen LogP contribution < -0.4 is 0 Å². The first-order valence-corrected chi connectivity index (χ1v) is 9.62. The Balaban J connectivity index is 1.30. The number of carbonyl (C=O) groups is 2. The van der Waals surface area contributed by atoms with Crippen molar-refractivity contribution in [1.29, 1.82) is 0 Å². The van der Waals surface area contributed by atoms with Crippen LogP contribution in [0.4, 0.5) is 0 Å². The molecular formula is C21H27N3O2. The Morgan fingerprint density at radius 3 is 2.15 bits per heavy atom. The predicted molar refractivity (Wildman–Crippen MR) is 100 cm³/mol. The smallest absolute Gasteiger partial charge is 0.234 e. The lowest BCUT2D eigenvalue weighted by molar-refractivity contribution is -0.142. The van der Waals surface area contributed by atoms with Crippen molar-refractivity contribution in [1.82, 2.24) is 14.7 Å². The van der Waals surface area contributed by atoms with Gasteiger partial charge in [0.2, 0.25) is 11.8 Å². The Morgan fingerprint density at radius 1 is 0.923 bits per heavy atom. The average molecular weight is 353 g/mol. The summed E-state index contributed by atoms with van der Waals surface area (Å²) in [4.78, 5) is 31.4. The molecule has 2 fully saturated rings. The number of imide groups is 1. The average Bonchev–Trinajstić information content (AvgIpc) is 2.89. The number of amides is 2. The van der Waals surface area contributed by atoms with Crippen LogP contribution in [0, 0.1) is 18.8 Å². The van der Waals surface area contributed by atoms with Crippen LogP contribution in [0.2, 0.25) is 0 Å². The Bertz CT molecular complexity index is 696. The van der Waals surface area contributed by atoms with Gasteiger partial charge in [-0.05, 0) is 25.3 Å². The minimum Gasteiger partial charge on any atom is -0.297 e. The van der Waals surface area contributed by atoms with Crippen molar-refractivity contribution in [3.8, 4) is 0 Å². The number of nitrogens with zero attached hydrogens (tertiary/aromatic N) is 3. The second-order valence-corrected chi connectivity index (χ2v) is 7.78. The molecule has 0 bridgehead atoms. The number of hydrogen-bond donors (Lipinski definition) is 0. The molecule has 5 heteroatoms. The van der Waals surface area contributed by atoms with Gasteiger partial charge in [0.1, 0.15) is 0 Å². The van der Waals surface area contributed by atoms with E-state index in [1.54, 1.807) is 0 Å². The fourth-order valence-corrected chi connectivity index (χ4v) is 4.37. The number of fused-ring (bicyclic) bond motifs is 1. The summed E-state index contributed by atoms with van der Waals surface area (Å²) in [5.74, 6) is -0.164. The van der Waals surface area contributed by atoms with Gasteiger partial charge in [-0.3, -0.25) is 24.3 Å². The minimum atomic E-state index is -0.116. The van der Waals surface area contributed by atoms with E-state index in [2.05, 4.69) is 41.0 Å². The van der Waals surface area contributed by atoms with Gasteiger partial charge in [0.05, 0.1) is 18.5 Å². The Hall–Kier alpha value is -1.98. The summed E-state index contributed by atoms with van der Waals surface area (Å²) in [5, 5.41) is 0. The summed E-state index contributed by atoms with van der Waals surface area (Å²) in [6.45, 7) is 7.29. The van der Waals surface area contributed by atoms with Crippen LogP contribution in [-0.2, 0) is 16.1 Å². The first-order valence-electron chi connectivity index (χ1n) is 9.62. The maximum Gasteiger partial charge on any atom is 0.234 e. The zero-order valence-electron chi connectivity index (χ0n) is 15.4. The molecular weight excluding hydrogens is 326 g/mol. The van der Waals surface area contributed by atoms with Gasteiger partial charge in [0, 0.05) is 32.7 Å². The summed E-state index contributed by atoms with van der Waals surface area (Å²) in [6, 6.07) is 8.65. The lowest BCUT2D eigenvalue weighted by Gasteiger charge is -2.36. The fourth-order valence-electron chi connectivity index (χ4n) is 4.37. The van der Waals surface area contributed by atoms with Gasteiger partial charge in [0.15, 0.2) is 0 Å². The molecule has 1 aliphatic carbocycles. The molecule has 4 rings (SSSR count). The molecule has 0 unspecified atom stereocenters. The molecule has 1 aromatic carbocycles. The number of hydrogen-bond acceptors (Lipinski definition) is 4. The van der Waals surface area contributed by atoms with Gasteiger partial charge in [-0.25, -0.2) is 0 Å². The highest BCUT2D eigenvalue weighted by molar-refractivity contribution is 6.05. The minimum absolute atomic E-state index is 0.0338. The molecule has 2 saturated heterocycles. The van der Waals surface area contributed by atoms with E-state index in [4.69, 9.17) is 0 Å². The quantitative estimate of drug-likeness (QED) is 0.614. The van der Waals surface area contributed by atoms with Crippen molar-refractivity contribution >= 4 is 11.8 Å². The van der Waals surface area contributed by atoms with E-state index in [9.17, 15) is 9.59 Å². The molecule has 0 radical (unpaired) electrons. The van der Waals surface area contributed by atoms with Gasteiger partial charge in [-0.15, -0.1) is 0 Å². The molecule has 2 aliphatic heterocycles. The number of likely N-dealkylation sites (tertiary alicyclic amines) is 1. The lowest BCUT2D eigenvalue weighted by Crippen LogP contribution is -2.51. The molecule has 0 N–H and O–H groups in total. The van der Waals surface area contributed by atoms with E-state index >= 15 is 0 Å². The lowest BCUT2D eigenvalue weighted by atomic mass is 9.85. The van der Waals surface area contributed by atoms with Crippen molar-refractivity contribution in [2.24, 2.45) is 11.8 Å². The van der Waals surface area contributed by atoms with Gasteiger partial charge >= 0.3 is 0 Å². The number of carbonyl (C=O) groups excluding carboxylic acids is 2. The van der Waals surface area contributed by atoms with Crippen LogP contribution in [0.5, 0.6) is 0 Å². The number of piperazine rings is 1. The SMILES string of the molecule is Cc1cccc(CN2CCN(CN3C(=O)[C@H]4CC=CC[C@@H]4C3=O)CC2)c1. The van der Waals surface area contributed by atoms with Crippen molar-refractivity contribution in [2.45, 2.75) is 26.3 Å².